The number of phenols is 1. The Morgan fingerprint density at radius 1 is 1.22 bits per heavy atom. The Labute approximate surface area is 137 Å². The van der Waals surface area contributed by atoms with Crippen LogP contribution < -0.4 is 10.1 Å². The van der Waals surface area contributed by atoms with E-state index >= 15 is 0 Å². The van der Waals surface area contributed by atoms with E-state index in [4.69, 9.17) is 4.74 Å². The topological polar surface area (TPSA) is 70.9 Å². The smallest absolute Gasteiger partial charge is 0.264 e. The summed E-state index contributed by atoms with van der Waals surface area (Å²) in [6, 6.07) is 14.0. The Morgan fingerprint density at radius 3 is 2.70 bits per heavy atom. The Morgan fingerprint density at radius 2 is 2.00 bits per heavy atom. The third-order valence-electron chi connectivity index (χ3n) is 3.12. The fraction of sp³-hybridized carbons (Fsp3) is 0.0588. The molecule has 0 spiro atoms. The third-order valence-corrected chi connectivity index (χ3v) is 4.03. The number of hydrogen-bond acceptors (Lipinski definition) is 5. The van der Waals surface area contributed by atoms with Crippen LogP contribution >= 0.6 is 11.8 Å². The van der Waals surface area contributed by atoms with Crippen molar-refractivity contribution in [3.8, 4) is 11.5 Å². The van der Waals surface area contributed by atoms with Crippen LogP contribution in [0.5, 0.6) is 11.5 Å². The van der Waals surface area contributed by atoms with E-state index in [9.17, 15) is 9.90 Å². The van der Waals surface area contributed by atoms with Gasteiger partial charge in [-0.2, -0.15) is 0 Å². The highest BCUT2D eigenvalue weighted by atomic mass is 32.2. The van der Waals surface area contributed by atoms with Crippen LogP contribution in [-0.2, 0) is 4.79 Å². The van der Waals surface area contributed by atoms with Gasteiger partial charge in [-0.3, -0.25) is 4.79 Å². The number of carbonyl (C=O) groups is 1. The molecule has 6 heteroatoms. The van der Waals surface area contributed by atoms with Crippen LogP contribution in [0, 0.1) is 0 Å². The zero-order valence-electron chi connectivity index (χ0n) is 12.3. The van der Waals surface area contributed by atoms with E-state index in [1.165, 1.54) is 11.8 Å². The van der Waals surface area contributed by atoms with Crippen molar-refractivity contribution >= 4 is 34.6 Å². The van der Waals surface area contributed by atoms with Gasteiger partial charge in [0.2, 0.25) is 0 Å². The molecule has 3 rings (SSSR count). The molecule has 1 saturated heterocycles. The summed E-state index contributed by atoms with van der Waals surface area (Å²) in [7, 11) is 1.60. The number of hydrogen-bond donors (Lipinski definition) is 2. The molecule has 0 radical (unpaired) electrons. The van der Waals surface area contributed by atoms with Crippen LogP contribution in [-0.4, -0.2) is 23.3 Å². The number of aliphatic imine (C=N–C) groups is 1. The third kappa shape index (κ3) is 3.73. The van der Waals surface area contributed by atoms with Crippen molar-refractivity contribution in [2.24, 2.45) is 4.99 Å². The molecule has 0 unspecified atom stereocenters. The monoisotopic (exact) mass is 326 g/mol. The minimum absolute atomic E-state index is 0.162. The summed E-state index contributed by atoms with van der Waals surface area (Å²) in [4.78, 5) is 16.9. The lowest BCUT2D eigenvalue weighted by Crippen LogP contribution is -2.19. The number of carbonyl (C=O) groups excluding carboxylic acids is 1. The maximum absolute atomic E-state index is 12.0. The van der Waals surface area contributed by atoms with Crippen LogP contribution in [0.3, 0.4) is 0 Å². The predicted molar refractivity (Wildman–Crippen MR) is 91.9 cm³/mol. The molecule has 23 heavy (non-hydrogen) atoms. The highest BCUT2D eigenvalue weighted by Crippen LogP contribution is 2.29. The van der Waals surface area contributed by atoms with Crippen molar-refractivity contribution in [1.29, 1.82) is 0 Å². The van der Waals surface area contributed by atoms with E-state index in [-0.39, 0.29) is 11.7 Å². The molecule has 0 aliphatic carbocycles. The Kier molecular flexibility index (Phi) is 4.34. The van der Waals surface area contributed by atoms with Crippen LogP contribution in [0.4, 0.5) is 5.69 Å². The second-order valence-electron chi connectivity index (χ2n) is 4.77. The Hall–Kier alpha value is -2.73. The summed E-state index contributed by atoms with van der Waals surface area (Å²) >= 11 is 1.26. The van der Waals surface area contributed by atoms with Gasteiger partial charge in [-0.05, 0) is 59.8 Å². The number of nitrogens with one attached hydrogen (secondary N) is 1. The van der Waals surface area contributed by atoms with Gasteiger partial charge in [0.1, 0.15) is 11.5 Å². The number of rotatable bonds is 3. The molecule has 0 atom stereocenters. The number of amides is 1. The molecule has 0 aromatic heterocycles. The quantitative estimate of drug-likeness (QED) is 0.849. The molecular weight excluding hydrogens is 312 g/mol. The summed E-state index contributed by atoms with van der Waals surface area (Å²) < 4.78 is 5.10. The first-order valence-electron chi connectivity index (χ1n) is 6.87. The fourth-order valence-corrected chi connectivity index (χ4v) is 2.86. The fourth-order valence-electron chi connectivity index (χ4n) is 2.02. The molecule has 1 heterocycles. The Bertz CT molecular complexity index is 798. The minimum atomic E-state index is -0.203. The maximum atomic E-state index is 12.0. The molecule has 0 saturated carbocycles. The first-order chi connectivity index (χ1) is 11.1. The van der Waals surface area contributed by atoms with Gasteiger partial charge in [0.25, 0.3) is 5.91 Å². The molecule has 2 N–H and O–H groups in total. The lowest BCUT2D eigenvalue weighted by Gasteiger charge is -1.99. The SMILES string of the molecule is COc1ccc(N=C2NC(=O)/C(=C/c3cccc(O)c3)S2)cc1. The number of phenolic OH excluding ortho intramolecular Hbond substituents is 1. The van der Waals surface area contributed by atoms with Gasteiger partial charge in [0.05, 0.1) is 17.7 Å². The highest BCUT2D eigenvalue weighted by molar-refractivity contribution is 8.18. The number of thioether (sulfide) groups is 1. The van der Waals surface area contributed by atoms with E-state index in [0.717, 1.165) is 17.0 Å². The number of nitrogens with zero attached hydrogens (tertiary/aromatic N) is 1. The summed E-state index contributed by atoms with van der Waals surface area (Å²) in [5.41, 5.74) is 1.49. The first kappa shape index (κ1) is 15.2. The van der Waals surface area contributed by atoms with Gasteiger partial charge >= 0.3 is 0 Å². The molecule has 1 aliphatic rings. The number of ether oxygens (including phenoxy) is 1. The largest absolute Gasteiger partial charge is 0.508 e. The molecule has 2 aromatic rings. The van der Waals surface area contributed by atoms with Crippen LogP contribution in [0.15, 0.2) is 58.4 Å². The van der Waals surface area contributed by atoms with Crippen molar-refractivity contribution in [2.45, 2.75) is 0 Å². The summed E-state index contributed by atoms with van der Waals surface area (Å²) in [5, 5.41) is 12.7. The van der Waals surface area contributed by atoms with E-state index in [0.29, 0.717) is 10.1 Å². The zero-order valence-corrected chi connectivity index (χ0v) is 13.1. The lowest BCUT2D eigenvalue weighted by molar-refractivity contribution is -0.115. The molecule has 5 nitrogen and oxygen atoms in total. The highest BCUT2D eigenvalue weighted by Gasteiger charge is 2.23. The van der Waals surface area contributed by atoms with Gasteiger partial charge in [-0.15, -0.1) is 0 Å². The van der Waals surface area contributed by atoms with Gasteiger partial charge in [-0.1, -0.05) is 12.1 Å². The van der Waals surface area contributed by atoms with Gasteiger partial charge < -0.3 is 15.2 Å². The molecule has 1 fully saturated rings. The van der Waals surface area contributed by atoms with Crippen molar-refractivity contribution in [3.63, 3.8) is 0 Å². The molecule has 116 valence electrons. The molecule has 1 aliphatic heterocycles. The average molecular weight is 326 g/mol. The van der Waals surface area contributed by atoms with E-state index in [2.05, 4.69) is 10.3 Å². The second-order valence-corrected chi connectivity index (χ2v) is 5.81. The van der Waals surface area contributed by atoms with E-state index in [1.54, 1.807) is 31.4 Å². The van der Waals surface area contributed by atoms with E-state index in [1.807, 2.05) is 30.3 Å². The lowest BCUT2D eigenvalue weighted by atomic mass is 10.2. The summed E-state index contributed by atoms with van der Waals surface area (Å²) in [6.07, 6.45) is 1.72. The molecule has 2 aromatic carbocycles. The van der Waals surface area contributed by atoms with Crippen molar-refractivity contribution in [2.75, 3.05) is 7.11 Å². The number of benzene rings is 2. The first-order valence-corrected chi connectivity index (χ1v) is 7.68. The van der Waals surface area contributed by atoms with E-state index < -0.39 is 0 Å². The molecule has 0 bridgehead atoms. The number of amidine groups is 1. The maximum Gasteiger partial charge on any atom is 0.264 e. The van der Waals surface area contributed by atoms with Gasteiger partial charge in [0, 0.05) is 0 Å². The number of aromatic hydroxyl groups is 1. The average Bonchev–Trinajstić information content (AvgIpc) is 2.87. The van der Waals surface area contributed by atoms with Gasteiger partial charge in [-0.25, -0.2) is 4.99 Å². The Balaban J connectivity index is 1.80. The van der Waals surface area contributed by atoms with Crippen molar-refractivity contribution < 1.29 is 14.6 Å². The summed E-state index contributed by atoms with van der Waals surface area (Å²) in [6.45, 7) is 0. The standard InChI is InChI=1S/C17H14N2O3S/c1-22-14-7-5-12(6-8-14)18-17-19-16(21)15(23-17)10-11-3-2-4-13(20)9-11/h2-10,20H,1H3,(H,18,19,21)/b15-10-. The predicted octanol–water partition coefficient (Wildman–Crippen LogP) is 3.29. The van der Waals surface area contributed by atoms with Crippen molar-refractivity contribution in [1.82, 2.24) is 5.32 Å². The minimum Gasteiger partial charge on any atom is -0.508 e. The molecular formula is C17H14N2O3S. The van der Waals surface area contributed by atoms with Crippen LogP contribution in [0.25, 0.3) is 6.08 Å². The van der Waals surface area contributed by atoms with Crippen LogP contribution in [0.2, 0.25) is 0 Å². The normalized spacial score (nSPS) is 17.5. The van der Waals surface area contributed by atoms with Crippen molar-refractivity contribution in [3.05, 3.63) is 59.0 Å². The molecule has 1 amide bonds. The zero-order chi connectivity index (χ0) is 16.2. The number of methoxy groups -OCH3 is 1. The second kappa shape index (κ2) is 6.58. The summed E-state index contributed by atoms with van der Waals surface area (Å²) in [5.74, 6) is 0.710. The van der Waals surface area contributed by atoms with Crippen LogP contribution in [0.1, 0.15) is 5.56 Å². The van der Waals surface area contributed by atoms with Gasteiger partial charge in [0.15, 0.2) is 5.17 Å².